The fourth-order valence-electron chi connectivity index (χ4n) is 5.65. The SMILES string of the molecule is CNCC(CC1CCCCC1)NC(=O)N1CCCC(C(COCCOC)c2cccc(Cl)c2)C1. The number of hydrogen-bond donors (Lipinski definition) is 2. The summed E-state index contributed by atoms with van der Waals surface area (Å²) in [5.41, 5.74) is 1.18. The molecule has 3 rings (SSSR count). The van der Waals surface area contributed by atoms with E-state index in [0.717, 1.165) is 49.8 Å². The van der Waals surface area contributed by atoms with E-state index in [9.17, 15) is 4.79 Å². The summed E-state index contributed by atoms with van der Waals surface area (Å²) >= 11 is 6.32. The molecule has 7 heteroatoms. The van der Waals surface area contributed by atoms with Gasteiger partial charge in [0.05, 0.1) is 19.8 Å². The van der Waals surface area contributed by atoms with E-state index in [1.54, 1.807) is 7.11 Å². The van der Waals surface area contributed by atoms with Crippen LogP contribution in [0.2, 0.25) is 5.02 Å². The molecule has 2 N–H and O–H groups in total. The van der Waals surface area contributed by atoms with Crippen molar-refractivity contribution in [3.63, 3.8) is 0 Å². The summed E-state index contributed by atoms with van der Waals surface area (Å²) in [5.74, 6) is 1.26. The third-order valence-electron chi connectivity index (χ3n) is 7.44. The number of carbonyl (C=O) groups is 1. The lowest BCUT2D eigenvalue weighted by Crippen LogP contribution is -2.52. The number of piperidine rings is 1. The average Bonchev–Trinajstić information content (AvgIpc) is 2.85. The van der Waals surface area contributed by atoms with E-state index in [-0.39, 0.29) is 18.0 Å². The molecular formula is C27H44ClN3O3. The van der Waals surface area contributed by atoms with Crippen molar-refractivity contribution in [3.05, 3.63) is 34.9 Å². The summed E-state index contributed by atoms with van der Waals surface area (Å²) in [5, 5.41) is 7.38. The Bertz CT molecular complexity index is 729. The summed E-state index contributed by atoms with van der Waals surface area (Å²) in [7, 11) is 3.65. The first kappa shape index (κ1) is 27.3. The van der Waals surface area contributed by atoms with Crippen molar-refractivity contribution in [1.29, 1.82) is 0 Å². The molecule has 1 aliphatic carbocycles. The van der Waals surface area contributed by atoms with Crippen molar-refractivity contribution in [2.75, 3.05) is 53.6 Å². The summed E-state index contributed by atoms with van der Waals surface area (Å²) in [6.45, 7) is 4.12. The van der Waals surface area contributed by atoms with E-state index in [2.05, 4.69) is 16.7 Å². The van der Waals surface area contributed by atoms with Gasteiger partial charge >= 0.3 is 6.03 Å². The van der Waals surface area contributed by atoms with Crippen LogP contribution in [0.5, 0.6) is 0 Å². The van der Waals surface area contributed by atoms with Crippen LogP contribution in [0, 0.1) is 11.8 Å². The van der Waals surface area contributed by atoms with Gasteiger partial charge in [-0.15, -0.1) is 0 Å². The number of hydrogen-bond acceptors (Lipinski definition) is 4. The molecule has 34 heavy (non-hydrogen) atoms. The number of likely N-dealkylation sites (tertiary alicyclic amines) is 1. The van der Waals surface area contributed by atoms with Gasteiger partial charge in [0.15, 0.2) is 0 Å². The first-order valence-electron chi connectivity index (χ1n) is 13.1. The largest absolute Gasteiger partial charge is 0.382 e. The normalized spacial score (nSPS) is 21.3. The third kappa shape index (κ3) is 8.71. The standard InChI is InChI=1S/C27H44ClN3O3/c1-29-18-25(16-21-8-4-3-5-9-21)30-27(32)31-13-7-11-23(19-31)26(20-34-15-14-33-2)22-10-6-12-24(28)17-22/h6,10,12,17,21,23,25-26,29H,3-5,7-9,11,13-16,18-20H2,1-2H3,(H,30,32). The van der Waals surface area contributed by atoms with Gasteiger partial charge in [-0.2, -0.15) is 0 Å². The van der Waals surface area contributed by atoms with Gasteiger partial charge in [-0.05, 0) is 55.8 Å². The number of carbonyl (C=O) groups excluding carboxylic acids is 1. The highest BCUT2D eigenvalue weighted by Crippen LogP contribution is 2.33. The van der Waals surface area contributed by atoms with Crippen LogP contribution in [0.1, 0.15) is 62.8 Å². The molecule has 2 amide bonds. The van der Waals surface area contributed by atoms with Gasteiger partial charge in [0, 0.05) is 43.7 Å². The minimum absolute atomic E-state index is 0.0749. The molecule has 192 valence electrons. The van der Waals surface area contributed by atoms with E-state index in [0.29, 0.717) is 25.7 Å². The maximum Gasteiger partial charge on any atom is 0.317 e. The molecule has 3 atom stereocenters. The maximum absolute atomic E-state index is 13.3. The van der Waals surface area contributed by atoms with Crippen LogP contribution in [0.4, 0.5) is 4.79 Å². The first-order valence-corrected chi connectivity index (χ1v) is 13.5. The zero-order chi connectivity index (χ0) is 24.2. The Morgan fingerprint density at radius 2 is 2.00 bits per heavy atom. The zero-order valence-corrected chi connectivity index (χ0v) is 21.8. The third-order valence-corrected chi connectivity index (χ3v) is 7.68. The van der Waals surface area contributed by atoms with Gasteiger partial charge in [-0.3, -0.25) is 0 Å². The van der Waals surface area contributed by atoms with Gasteiger partial charge in [0.1, 0.15) is 0 Å². The van der Waals surface area contributed by atoms with Crippen LogP contribution in [-0.4, -0.2) is 70.6 Å². The number of likely N-dealkylation sites (N-methyl/N-ethyl adjacent to an activating group) is 1. The molecule has 1 saturated heterocycles. The number of nitrogens with one attached hydrogen (secondary N) is 2. The van der Waals surface area contributed by atoms with Crippen LogP contribution >= 0.6 is 11.6 Å². The fourth-order valence-corrected chi connectivity index (χ4v) is 5.85. The number of urea groups is 1. The van der Waals surface area contributed by atoms with E-state index in [1.165, 1.54) is 37.7 Å². The molecular weight excluding hydrogens is 450 g/mol. The Morgan fingerprint density at radius 3 is 2.74 bits per heavy atom. The quantitative estimate of drug-likeness (QED) is 0.399. The molecule has 1 aromatic carbocycles. The zero-order valence-electron chi connectivity index (χ0n) is 21.1. The minimum atomic E-state index is 0.0749. The first-order chi connectivity index (χ1) is 16.6. The predicted molar refractivity (Wildman–Crippen MR) is 139 cm³/mol. The lowest BCUT2D eigenvalue weighted by atomic mass is 9.81. The minimum Gasteiger partial charge on any atom is -0.382 e. The Hall–Kier alpha value is -1.34. The molecule has 1 aromatic rings. The molecule has 1 aliphatic heterocycles. The van der Waals surface area contributed by atoms with Crippen LogP contribution in [0.15, 0.2) is 24.3 Å². The van der Waals surface area contributed by atoms with E-state index < -0.39 is 0 Å². The Morgan fingerprint density at radius 1 is 1.18 bits per heavy atom. The molecule has 0 spiro atoms. The van der Waals surface area contributed by atoms with Gasteiger partial charge in [0.25, 0.3) is 0 Å². The van der Waals surface area contributed by atoms with E-state index >= 15 is 0 Å². The highest BCUT2D eigenvalue weighted by atomic mass is 35.5. The predicted octanol–water partition coefficient (Wildman–Crippen LogP) is 5.07. The smallest absolute Gasteiger partial charge is 0.317 e. The van der Waals surface area contributed by atoms with Gasteiger partial charge in [0.2, 0.25) is 0 Å². The summed E-state index contributed by atoms with van der Waals surface area (Å²) in [4.78, 5) is 15.3. The number of benzene rings is 1. The number of halogens is 1. The second-order valence-electron chi connectivity index (χ2n) is 10.0. The molecule has 3 unspecified atom stereocenters. The Kier molecular flexibility index (Phi) is 12.0. The average molecular weight is 494 g/mol. The molecule has 1 heterocycles. The van der Waals surface area contributed by atoms with Crippen LogP contribution in [0.25, 0.3) is 0 Å². The molecule has 6 nitrogen and oxygen atoms in total. The molecule has 2 aliphatic rings. The fraction of sp³-hybridized carbons (Fsp3) is 0.741. The van der Waals surface area contributed by atoms with Crippen LogP contribution in [-0.2, 0) is 9.47 Å². The maximum atomic E-state index is 13.3. The molecule has 1 saturated carbocycles. The van der Waals surface area contributed by atoms with Gasteiger partial charge in [-0.25, -0.2) is 4.79 Å². The van der Waals surface area contributed by atoms with Crippen LogP contribution < -0.4 is 10.6 Å². The van der Waals surface area contributed by atoms with Gasteiger partial charge < -0.3 is 25.0 Å². The highest BCUT2D eigenvalue weighted by molar-refractivity contribution is 6.30. The van der Waals surface area contributed by atoms with Crippen molar-refractivity contribution < 1.29 is 14.3 Å². The monoisotopic (exact) mass is 493 g/mol. The summed E-state index contributed by atoms with van der Waals surface area (Å²) in [6, 6.07) is 8.33. The number of ether oxygens (including phenoxy) is 2. The van der Waals surface area contributed by atoms with Crippen molar-refractivity contribution in [2.24, 2.45) is 11.8 Å². The lowest BCUT2D eigenvalue weighted by molar-refractivity contribution is 0.0467. The number of amides is 2. The van der Waals surface area contributed by atoms with Gasteiger partial charge in [-0.1, -0.05) is 55.8 Å². The Balaban J connectivity index is 1.62. The van der Waals surface area contributed by atoms with E-state index in [4.69, 9.17) is 21.1 Å². The van der Waals surface area contributed by atoms with Crippen LogP contribution in [0.3, 0.4) is 0 Å². The highest BCUT2D eigenvalue weighted by Gasteiger charge is 2.32. The topological polar surface area (TPSA) is 62.8 Å². The van der Waals surface area contributed by atoms with Crippen molar-refractivity contribution in [1.82, 2.24) is 15.5 Å². The molecule has 0 radical (unpaired) electrons. The number of rotatable bonds is 12. The molecule has 0 bridgehead atoms. The summed E-state index contributed by atoms with van der Waals surface area (Å²) < 4.78 is 11.1. The van der Waals surface area contributed by atoms with Crippen molar-refractivity contribution in [2.45, 2.75) is 63.3 Å². The van der Waals surface area contributed by atoms with E-state index in [1.807, 2.05) is 30.1 Å². The second-order valence-corrected chi connectivity index (χ2v) is 10.5. The molecule has 0 aromatic heterocycles. The van der Waals surface area contributed by atoms with Crippen molar-refractivity contribution >= 4 is 17.6 Å². The summed E-state index contributed by atoms with van der Waals surface area (Å²) in [6.07, 6.45) is 9.77. The Labute approximate surface area is 211 Å². The molecule has 2 fully saturated rings. The lowest BCUT2D eigenvalue weighted by Gasteiger charge is -2.38. The van der Waals surface area contributed by atoms with Crippen molar-refractivity contribution in [3.8, 4) is 0 Å². The second kappa shape index (κ2) is 14.9. The number of nitrogens with zero attached hydrogens (tertiary/aromatic N) is 1. The number of methoxy groups -OCH3 is 1.